The summed E-state index contributed by atoms with van der Waals surface area (Å²) in [6, 6.07) is 48.1. The van der Waals surface area contributed by atoms with Crippen molar-refractivity contribution in [1.29, 1.82) is 0 Å². The lowest BCUT2D eigenvalue weighted by atomic mass is 9.87. The number of benzene rings is 5. The summed E-state index contributed by atoms with van der Waals surface area (Å²) >= 11 is 0. The van der Waals surface area contributed by atoms with Gasteiger partial charge in [0.25, 0.3) is 0 Å². The number of piperazine rings is 1. The second-order valence-electron chi connectivity index (χ2n) is 12.8. The SMILES string of the molecule is O=C(CC(c1cccc(OCc2ccccc2)c1)c1cn(Cc2ccccc2)c2ccccc12)N1CCN(C/C=C/c2ccccc2)CC1. The van der Waals surface area contributed by atoms with Crippen LogP contribution >= 0.6 is 0 Å². The van der Waals surface area contributed by atoms with Gasteiger partial charge in [-0.2, -0.15) is 0 Å². The number of para-hydroxylation sites is 1. The maximum atomic E-state index is 14.1. The summed E-state index contributed by atoms with van der Waals surface area (Å²) in [5, 5.41) is 1.18. The summed E-state index contributed by atoms with van der Waals surface area (Å²) in [7, 11) is 0. The number of aromatic nitrogens is 1. The van der Waals surface area contributed by atoms with E-state index in [0.717, 1.165) is 56.1 Å². The van der Waals surface area contributed by atoms with Crippen molar-refractivity contribution in [1.82, 2.24) is 14.4 Å². The third-order valence-electron chi connectivity index (χ3n) is 9.48. The van der Waals surface area contributed by atoms with Crippen LogP contribution in [0, 0.1) is 0 Å². The van der Waals surface area contributed by atoms with E-state index in [1.54, 1.807) is 0 Å². The van der Waals surface area contributed by atoms with Crippen molar-refractivity contribution >= 4 is 22.9 Å². The van der Waals surface area contributed by atoms with E-state index in [2.05, 4.69) is 142 Å². The Morgan fingerprint density at radius 3 is 2.14 bits per heavy atom. The molecular weight excluding hydrogens is 603 g/mol. The van der Waals surface area contributed by atoms with Crippen molar-refractivity contribution < 1.29 is 9.53 Å². The van der Waals surface area contributed by atoms with Crippen molar-refractivity contribution in [3.63, 3.8) is 0 Å². The Bertz CT molecular complexity index is 1980. The Balaban J connectivity index is 1.12. The summed E-state index contributed by atoms with van der Waals surface area (Å²) in [5.74, 6) is 0.880. The zero-order valence-electron chi connectivity index (χ0n) is 27.9. The fourth-order valence-electron chi connectivity index (χ4n) is 6.82. The maximum absolute atomic E-state index is 14.1. The zero-order chi connectivity index (χ0) is 33.3. The minimum absolute atomic E-state index is 0.124. The van der Waals surface area contributed by atoms with E-state index in [4.69, 9.17) is 4.74 Å². The second-order valence-corrected chi connectivity index (χ2v) is 12.8. The summed E-state index contributed by atoms with van der Waals surface area (Å²) in [6.07, 6.45) is 7.06. The van der Waals surface area contributed by atoms with Crippen LogP contribution in [0.2, 0.25) is 0 Å². The Kier molecular flexibility index (Phi) is 10.3. The van der Waals surface area contributed by atoms with Crippen LogP contribution in [-0.2, 0) is 17.9 Å². The van der Waals surface area contributed by atoms with Crippen molar-refractivity contribution in [3.05, 3.63) is 180 Å². The van der Waals surface area contributed by atoms with Crippen LogP contribution in [0.15, 0.2) is 152 Å². The van der Waals surface area contributed by atoms with Crippen LogP contribution in [0.3, 0.4) is 0 Å². The lowest BCUT2D eigenvalue weighted by Crippen LogP contribution is -2.48. The van der Waals surface area contributed by atoms with Crippen molar-refractivity contribution in [2.24, 2.45) is 0 Å². The first-order valence-corrected chi connectivity index (χ1v) is 17.3. The van der Waals surface area contributed by atoms with Gasteiger partial charge in [0, 0.05) is 68.7 Å². The molecule has 246 valence electrons. The fraction of sp³-hybridized carbons (Fsp3) is 0.205. The topological polar surface area (TPSA) is 37.7 Å². The van der Waals surface area contributed by atoms with Crippen molar-refractivity contribution in [3.8, 4) is 5.75 Å². The van der Waals surface area contributed by atoms with Crippen molar-refractivity contribution in [2.45, 2.75) is 25.5 Å². The van der Waals surface area contributed by atoms with Gasteiger partial charge in [-0.05, 0) is 46.0 Å². The highest BCUT2D eigenvalue weighted by atomic mass is 16.5. The molecule has 1 aliphatic rings. The molecule has 1 fully saturated rings. The molecule has 5 heteroatoms. The van der Waals surface area contributed by atoms with E-state index >= 15 is 0 Å². The van der Waals surface area contributed by atoms with Gasteiger partial charge in [-0.1, -0.05) is 133 Å². The van der Waals surface area contributed by atoms with Crippen LogP contribution in [0.4, 0.5) is 0 Å². The molecule has 1 aliphatic heterocycles. The van der Waals surface area contributed by atoms with Gasteiger partial charge >= 0.3 is 0 Å². The fourth-order valence-corrected chi connectivity index (χ4v) is 6.82. The minimum Gasteiger partial charge on any atom is -0.489 e. The van der Waals surface area contributed by atoms with Crippen molar-refractivity contribution in [2.75, 3.05) is 32.7 Å². The summed E-state index contributed by atoms with van der Waals surface area (Å²) in [5.41, 5.74) is 7.01. The predicted molar refractivity (Wildman–Crippen MR) is 200 cm³/mol. The van der Waals surface area contributed by atoms with Crippen LogP contribution in [-0.4, -0.2) is 53.0 Å². The molecule has 49 heavy (non-hydrogen) atoms. The van der Waals surface area contributed by atoms with E-state index in [9.17, 15) is 4.79 Å². The van der Waals surface area contributed by atoms with Gasteiger partial charge in [0.2, 0.25) is 5.91 Å². The number of hydrogen-bond donors (Lipinski definition) is 0. The molecule has 5 nitrogen and oxygen atoms in total. The molecule has 0 N–H and O–H groups in total. The minimum atomic E-state index is -0.124. The summed E-state index contributed by atoms with van der Waals surface area (Å²) in [6.45, 7) is 5.36. The van der Waals surface area contributed by atoms with E-state index in [0.29, 0.717) is 13.0 Å². The monoisotopic (exact) mass is 645 g/mol. The van der Waals surface area contributed by atoms with Gasteiger partial charge in [-0.25, -0.2) is 0 Å². The highest BCUT2D eigenvalue weighted by molar-refractivity contribution is 5.87. The number of carbonyl (C=O) groups is 1. The maximum Gasteiger partial charge on any atom is 0.223 e. The first-order valence-electron chi connectivity index (χ1n) is 17.3. The molecule has 7 rings (SSSR count). The summed E-state index contributed by atoms with van der Waals surface area (Å²) in [4.78, 5) is 18.6. The largest absolute Gasteiger partial charge is 0.489 e. The number of fused-ring (bicyclic) bond motifs is 1. The van der Waals surface area contributed by atoms with E-state index in [-0.39, 0.29) is 11.8 Å². The molecule has 1 atom stereocenters. The Morgan fingerprint density at radius 1 is 0.714 bits per heavy atom. The second kappa shape index (κ2) is 15.7. The van der Waals surface area contributed by atoms with Gasteiger partial charge < -0.3 is 14.2 Å². The van der Waals surface area contributed by atoms with Crippen LogP contribution in [0.1, 0.15) is 40.2 Å². The molecule has 1 aromatic heterocycles. The quantitative estimate of drug-likeness (QED) is 0.134. The number of ether oxygens (including phenoxy) is 1. The predicted octanol–water partition coefficient (Wildman–Crippen LogP) is 8.65. The molecular formula is C44H43N3O2. The van der Waals surface area contributed by atoms with E-state index in [1.165, 1.54) is 27.6 Å². The number of amides is 1. The van der Waals surface area contributed by atoms with Gasteiger partial charge in [0.15, 0.2) is 0 Å². The zero-order valence-corrected chi connectivity index (χ0v) is 27.9. The molecule has 2 heterocycles. The highest BCUT2D eigenvalue weighted by Crippen LogP contribution is 2.37. The third kappa shape index (κ3) is 8.19. The average molecular weight is 646 g/mol. The molecule has 0 bridgehead atoms. The lowest BCUT2D eigenvalue weighted by Gasteiger charge is -2.35. The number of hydrogen-bond acceptors (Lipinski definition) is 3. The molecule has 0 spiro atoms. The first-order chi connectivity index (χ1) is 24.2. The molecule has 1 amide bonds. The average Bonchev–Trinajstić information content (AvgIpc) is 3.52. The number of carbonyl (C=O) groups excluding carboxylic acids is 1. The van der Waals surface area contributed by atoms with Gasteiger partial charge in [-0.3, -0.25) is 9.69 Å². The Labute approximate surface area is 289 Å². The smallest absolute Gasteiger partial charge is 0.223 e. The molecule has 1 saturated heterocycles. The van der Waals surface area contributed by atoms with E-state index < -0.39 is 0 Å². The first kappa shape index (κ1) is 32.2. The lowest BCUT2D eigenvalue weighted by molar-refractivity contribution is -0.133. The third-order valence-corrected chi connectivity index (χ3v) is 9.48. The van der Waals surface area contributed by atoms with Gasteiger partial charge in [0.1, 0.15) is 12.4 Å². The standard InChI is InChI=1S/C44H43N3O2/c48-44(46-28-26-45(27-29-46)25-13-20-35-14-4-1-5-15-35)31-41(38-21-12-22-39(30-38)49-34-37-18-8-3-9-19-37)42-33-47(32-36-16-6-2-7-17-36)43-24-11-10-23-40(42)43/h1-24,30,33,41H,25-29,31-32,34H2/b20-13+. The number of nitrogens with zero attached hydrogens (tertiary/aromatic N) is 3. The molecule has 0 aliphatic carbocycles. The highest BCUT2D eigenvalue weighted by Gasteiger charge is 2.27. The Hall–Kier alpha value is -5.39. The van der Waals surface area contributed by atoms with E-state index in [1.807, 2.05) is 30.3 Å². The summed E-state index contributed by atoms with van der Waals surface area (Å²) < 4.78 is 8.60. The molecule has 0 radical (unpaired) electrons. The molecule has 5 aromatic carbocycles. The number of rotatable bonds is 12. The van der Waals surface area contributed by atoms with Gasteiger partial charge in [0.05, 0.1) is 0 Å². The van der Waals surface area contributed by atoms with Crippen LogP contribution in [0.25, 0.3) is 17.0 Å². The molecule has 1 unspecified atom stereocenters. The molecule has 6 aromatic rings. The van der Waals surface area contributed by atoms with Crippen LogP contribution in [0.5, 0.6) is 5.75 Å². The molecule has 0 saturated carbocycles. The van der Waals surface area contributed by atoms with Crippen LogP contribution < -0.4 is 4.74 Å². The Morgan fingerprint density at radius 2 is 1.39 bits per heavy atom. The van der Waals surface area contributed by atoms with Gasteiger partial charge in [-0.15, -0.1) is 0 Å². The normalized spacial score (nSPS) is 14.3.